The zero-order valence-electron chi connectivity index (χ0n) is 9.68. The zero-order valence-corrected chi connectivity index (χ0v) is 10.6. The van der Waals surface area contributed by atoms with Crippen molar-refractivity contribution in [3.63, 3.8) is 0 Å². The van der Waals surface area contributed by atoms with Crippen LogP contribution in [0.2, 0.25) is 0 Å². The fourth-order valence-electron chi connectivity index (χ4n) is 1.42. The normalized spacial score (nSPS) is 17.5. The van der Waals surface area contributed by atoms with Crippen molar-refractivity contribution in [2.24, 2.45) is 0 Å². The van der Waals surface area contributed by atoms with Gasteiger partial charge in [-0.25, -0.2) is 4.57 Å². The van der Waals surface area contributed by atoms with E-state index in [-0.39, 0.29) is 13.2 Å². The van der Waals surface area contributed by atoms with Crippen LogP contribution in [0.1, 0.15) is 13.8 Å². The second-order valence-electron chi connectivity index (χ2n) is 3.22. The number of morpholine rings is 1. The molecule has 1 aliphatic heterocycles. The lowest BCUT2D eigenvalue weighted by Crippen LogP contribution is -2.40. The van der Waals surface area contributed by atoms with E-state index in [4.69, 9.17) is 13.8 Å². The lowest BCUT2D eigenvalue weighted by Gasteiger charge is -2.29. The van der Waals surface area contributed by atoms with Gasteiger partial charge in [0.25, 0.3) is 0 Å². The van der Waals surface area contributed by atoms with Crippen LogP contribution in [0.15, 0.2) is 0 Å². The molecule has 0 N–H and O–H groups in total. The summed E-state index contributed by atoms with van der Waals surface area (Å²) in [6.45, 7) is 5.52. The molecule has 1 fully saturated rings. The average Bonchev–Trinajstić information content (AvgIpc) is 2.30. The summed E-state index contributed by atoms with van der Waals surface area (Å²) >= 11 is 0. The van der Waals surface area contributed by atoms with Gasteiger partial charge in [0.1, 0.15) is 0 Å². The Hall–Kier alpha value is -0.420. The van der Waals surface area contributed by atoms with Gasteiger partial charge in [-0.05, 0) is 13.8 Å². The van der Waals surface area contributed by atoms with Crippen LogP contribution < -0.4 is 0 Å². The van der Waals surface area contributed by atoms with Gasteiger partial charge in [-0.1, -0.05) is 0 Å². The molecule has 6 nitrogen and oxygen atoms in total. The van der Waals surface area contributed by atoms with Crippen molar-refractivity contribution < 1.29 is 23.1 Å². The van der Waals surface area contributed by atoms with Gasteiger partial charge < -0.3 is 18.7 Å². The molecule has 1 aliphatic rings. The molecule has 0 aromatic carbocycles. The van der Waals surface area contributed by atoms with E-state index in [1.165, 1.54) is 4.90 Å². The van der Waals surface area contributed by atoms with Gasteiger partial charge >= 0.3 is 13.2 Å². The molecule has 0 radical (unpaired) electrons. The van der Waals surface area contributed by atoms with Gasteiger partial charge in [0.2, 0.25) is 0 Å². The van der Waals surface area contributed by atoms with Crippen LogP contribution in [-0.4, -0.2) is 50.1 Å². The van der Waals surface area contributed by atoms with Crippen LogP contribution in [0.5, 0.6) is 0 Å². The highest BCUT2D eigenvalue weighted by Crippen LogP contribution is 2.50. The van der Waals surface area contributed by atoms with Crippen LogP contribution in [0.25, 0.3) is 0 Å². The molecule has 0 aliphatic carbocycles. The summed E-state index contributed by atoms with van der Waals surface area (Å²) in [6.07, 6.45) is 0. The smallest absolute Gasteiger partial charge is 0.378 e. The number of rotatable bonds is 5. The lowest BCUT2D eigenvalue weighted by molar-refractivity contribution is 0.0565. The highest BCUT2D eigenvalue weighted by Gasteiger charge is 2.38. The largest absolute Gasteiger partial charge is 0.418 e. The molecule has 94 valence electrons. The Kier molecular flexibility index (Phi) is 5.41. The molecule has 1 rings (SSSR count). The summed E-state index contributed by atoms with van der Waals surface area (Å²) in [5, 5.41) is 0. The maximum atomic E-state index is 12.1. The molecular formula is C9H18NO5P. The summed E-state index contributed by atoms with van der Waals surface area (Å²) < 4.78 is 27.2. The monoisotopic (exact) mass is 251 g/mol. The molecule has 0 unspecified atom stereocenters. The van der Waals surface area contributed by atoms with Crippen molar-refractivity contribution in [1.29, 1.82) is 0 Å². The van der Waals surface area contributed by atoms with Crippen LogP contribution >= 0.6 is 7.60 Å². The lowest BCUT2D eigenvalue weighted by atomic mass is 10.5. The number of hydrogen-bond acceptors (Lipinski definition) is 5. The van der Waals surface area contributed by atoms with E-state index in [0.29, 0.717) is 26.3 Å². The highest BCUT2D eigenvalue weighted by molar-refractivity contribution is 7.71. The minimum absolute atomic E-state index is 0.188. The number of amides is 1. The fourth-order valence-corrected chi connectivity index (χ4v) is 2.94. The quantitative estimate of drug-likeness (QED) is 0.696. The van der Waals surface area contributed by atoms with E-state index in [2.05, 4.69) is 0 Å². The molecule has 0 aromatic rings. The molecule has 0 aromatic heterocycles. The van der Waals surface area contributed by atoms with Gasteiger partial charge in [0, 0.05) is 13.1 Å². The summed E-state index contributed by atoms with van der Waals surface area (Å²) in [4.78, 5) is 13.4. The van der Waals surface area contributed by atoms with E-state index in [1.807, 2.05) is 0 Å². The van der Waals surface area contributed by atoms with E-state index in [1.54, 1.807) is 13.8 Å². The number of ether oxygens (including phenoxy) is 1. The third-order valence-corrected chi connectivity index (χ3v) is 4.06. The molecule has 1 heterocycles. The highest BCUT2D eigenvalue weighted by atomic mass is 31.2. The topological polar surface area (TPSA) is 65.1 Å². The Balaban J connectivity index is 2.69. The van der Waals surface area contributed by atoms with Crippen molar-refractivity contribution in [2.75, 3.05) is 39.5 Å². The zero-order chi connectivity index (χ0) is 12.0. The number of carbonyl (C=O) groups excluding carboxylic acids is 1. The van der Waals surface area contributed by atoms with Crippen molar-refractivity contribution in [1.82, 2.24) is 4.90 Å². The maximum Gasteiger partial charge on any atom is 0.418 e. The van der Waals surface area contributed by atoms with Crippen molar-refractivity contribution in [3.8, 4) is 0 Å². The van der Waals surface area contributed by atoms with E-state index < -0.39 is 13.2 Å². The SMILES string of the molecule is CCOP(=O)(OCC)C(=O)N1CCOCC1. The third kappa shape index (κ3) is 3.28. The van der Waals surface area contributed by atoms with Gasteiger partial charge in [0.05, 0.1) is 26.4 Å². The first-order valence-electron chi connectivity index (χ1n) is 5.40. The summed E-state index contributed by atoms with van der Waals surface area (Å²) in [6, 6.07) is 0. The molecule has 0 spiro atoms. The third-order valence-electron chi connectivity index (χ3n) is 2.11. The van der Waals surface area contributed by atoms with Crippen molar-refractivity contribution in [2.45, 2.75) is 13.8 Å². The van der Waals surface area contributed by atoms with Crippen molar-refractivity contribution in [3.05, 3.63) is 0 Å². The summed E-state index contributed by atoms with van der Waals surface area (Å²) in [5.41, 5.74) is -0.556. The first kappa shape index (κ1) is 13.6. The molecule has 0 bridgehead atoms. The second kappa shape index (κ2) is 6.35. The first-order chi connectivity index (χ1) is 7.64. The van der Waals surface area contributed by atoms with Crippen LogP contribution in [0, 0.1) is 0 Å². The minimum atomic E-state index is -3.65. The minimum Gasteiger partial charge on any atom is -0.378 e. The Morgan fingerprint density at radius 2 is 1.75 bits per heavy atom. The van der Waals surface area contributed by atoms with Gasteiger partial charge in [-0.3, -0.25) is 4.79 Å². The molecule has 1 saturated heterocycles. The number of hydrogen-bond donors (Lipinski definition) is 0. The summed E-state index contributed by atoms with van der Waals surface area (Å²) in [7, 11) is -3.65. The van der Waals surface area contributed by atoms with E-state index in [9.17, 15) is 9.36 Å². The first-order valence-corrected chi connectivity index (χ1v) is 6.94. The molecule has 7 heteroatoms. The number of nitrogens with zero attached hydrogens (tertiary/aromatic N) is 1. The maximum absolute atomic E-state index is 12.1. The Morgan fingerprint density at radius 3 is 2.19 bits per heavy atom. The van der Waals surface area contributed by atoms with E-state index in [0.717, 1.165) is 0 Å². The van der Waals surface area contributed by atoms with Crippen LogP contribution in [0.3, 0.4) is 0 Å². The predicted octanol–water partition coefficient (Wildman–Crippen LogP) is 1.70. The molecular weight excluding hydrogens is 233 g/mol. The summed E-state index contributed by atoms with van der Waals surface area (Å²) in [5.74, 6) is 0. The number of carbonyl (C=O) groups is 1. The standard InChI is InChI=1S/C9H18NO5P/c1-3-14-16(12,15-4-2)9(11)10-5-7-13-8-6-10/h3-8H2,1-2H3. The Labute approximate surface area is 95.4 Å². The van der Waals surface area contributed by atoms with Gasteiger partial charge in [-0.15, -0.1) is 0 Å². The molecule has 0 saturated carbocycles. The molecule has 0 atom stereocenters. The Morgan fingerprint density at radius 1 is 1.25 bits per heavy atom. The second-order valence-corrected chi connectivity index (χ2v) is 5.11. The van der Waals surface area contributed by atoms with Gasteiger partial charge in [0.15, 0.2) is 0 Å². The van der Waals surface area contributed by atoms with E-state index >= 15 is 0 Å². The van der Waals surface area contributed by atoms with Crippen LogP contribution in [-0.2, 0) is 18.3 Å². The van der Waals surface area contributed by atoms with Crippen LogP contribution in [0.4, 0.5) is 4.79 Å². The Bertz CT molecular complexity index is 267. The molecule has 1 amide bonds. The fraction of sp³-hybridized carbons (Fsp3) is 0.889. The average molecular weight is 251 g/mol. The van der Waals surface area contributed by atoms with Crippen molar-refractivity contribution >= 4 is 13.2 Å². The van der Waals surface area contributed by atoms with Gasteiger partial charge in [-0.2, -0.15) is 0 Å². The predicted molar refractivity (Wildman–Crippen MR) is 58.6 cm³/mol. The molecule has 16 heavy (non-hydrogen) atoms.